The van der Waals surface area contributed by atoms with Crippen LogP contribution in [0.5, 0.6) is 5.75 Å². The summed E-state index contributed by atoms with van der Waals surface area (Å²) in [5, 5.41) is 14.8. The van der Waals surface area contributed by atoms with Gasteiger partial charge in [-0.25, -0.2) is 4.39 Å². The Morgan fingerprint density at radius 3 is 2.74 bits per heavy atom. The SMILES string of the molecule is Cc1c(-c2nnc3sc(COc4ccc(F)cc4)nn23)oc2ccccc12. The first-order chi connectivity index (χ1) is 13.2. The predicted molar refractivity (Wildman–Crippen MR) is 99.3 cm³/mol. The monoisotopic (exact) mass is 380 g/mol. The van der Waals surface area contributed by atoms with Crippen molar-refractivity contribution in [2.45, 2.75) is 13.5 Å². The number of furan rings is 1. The summed E-state index contributed by atoms with van der Waals surface area (Å²) in [6.45, 7) is 2.26. The molecule has 27 heavy (non-hydrogen) atoms. The van der Waals surface area contributed by atoms with Crippen LogP contribution in [0.25, 0.3) is 27.5 Å². The van der Waals surface area contributed by atoms with Crippen LogP contribution in [0.3, 0.4) is 0 Å². The van der Waals surface area contributed by atoms with Gasteiger partial charge >= 0.3 is 0 Å². The van der Waals surface area contributed by atoms with E-state index in [1.807, 2.05) is 31.2 Å². The largest absolute Gasteiger partial charge is 0.486 e. The second-order valence-corrected chi connectivity index (χ2v) is 7.05. The zero-order chi connectivity index (χ0) is 18.4. The minimum absolute atomic E-state index is 0.262. The minimum atomic E-state index is -0.299. The van der Waals surface area contributed by atoms with Gasteiger partial charge < -0.3 is 9.15 Å². The lowest BCUT2D eigenvalue weighted by Crippen LogP contribution is -1.97. The Hall–Kier alpha value is -3.26. The lowest BCUT2D eigenvalue weighted by molar-refractivity contribution is 0.303. The molecule has 3 heterocycles. The van der Waals surface area contributed by atoms with Crippen LogP contribution in [0.15, 0.2) is 52.9 Å². The number of ether oxygens (including phenoxy) is 1. The molecule has 5 rings (SSSR count). The Morgan fingerprint density at radius 2 is 1.93 bits per heavy atom. The first-order valence-electron chi connectivity index (χ1n) is 8.27. The predicted octanol–water partition coefficient (Wildman–Crippen LogP) is 4.63. The van der Waals surface area contributed by atoms with Gasteiger partial charge in [-0.1, -0.05) is 29.5 Å². The minimum Gasteiger partial charge on any atom is -0.486 e. The fourth-order valence-corrected chi connectivity index (χ4v) is 3.67. The van der Waals surface area contributed by atoms with E-state index < -0.39 is 0 Å². The van der Waals surface area contributed by atoms with E-state index in [0.717, 1.165) is 21.5 Å². The van der Waals surface area contributed by atoms with Gasteiger partial charge in [-0.2, -0.15) is 9.61 Å². The molecule has 3 aromatic heterocycles. The molecule has 0 aliphatic rings. The lowest BCUT2D eigenvalue weighted by atomic mass is 10.1. The van der Waals surface area contributed by atoms with Crippen molar-refractivity contribution >= 4 is 27.3 Å². The Morgan fingerprint density at radius 1 is 1.11 bits per heavy atom. The topological polar surface area (TPSA) is 65.5 Å². The summed E-state index contributed by atoms with van der Waals surface area (Å²) in [4.78, 5) is 0.655. The maximum atomic E-state index is 13.0. The maximum absolute atomic E-state index is 13.0. The summed E-state index contributed by atoms with van der Waals surface area (Å²) in [6.07, 6.45) is 0. The standard InChI is InChI=1S/C19H13FN4O2S/c1-11-14-4-2-3-5-15(14)26-17(11)18-21-22-19-24(18)23-16(27-19)10-25-13-8-6-12(20)7-9-13/h2-9H,10H2,1H3. The van der Waals surface area contributed by atoms with Gasteiger partial charge in [-0.15, -0.1) is 10.2 Å². The van der Waals surface area contributed by atoms with Crippen LogP contribution >= 0.6 is 11.3 Å². The summed E-state index contributed by atoms with van der Waals surface area (Å²) in [6, 6.07) is 13.7. The number of para-hydroxylation sites is 1. The van der Waals surface area contributed by atoms with Gasteiger partial charge in [0.25, 0.3) is 0 Å². The summed E-state index contributed by atoms with van der Waals surface area (Å²) < 4.78 is 26.3. The van der Waals surface area contributed by atoms with Gasteiger partial charge in [0, 0.05) is 10.9 Å². The third kappa shape index (κ3) is 2.74. The van der Waals surface area contributed by atoms with Crippen LogP contribution in [-0.2, 0) is 6.61 Å². The Bertz CT molecular complexity index is 1260. The fraction of sp³-hybridized carbons (Fsp3) is 0.105. The highest BCUT2D eigenvalue weighted by molar-refractivity contribution is 7.16. The second kappa shape index (κ2) is 6.17. The maximum Gasteiger partial charge on any atom is 0.235 e. The van der Waals surface area contributed by atoms with Gasteiger partial charge in [0.1, 0.15) is 23.8 Å². The number of nitrogens with zero attached hydrogens (tertiary/aromatic N) is 4. The Balaban J connectivity index is 1.47. The fourth-order valence-electron chi connectivity index (χ4n) is 2.92. The molecule has 0 saturated carbocycles. The van der Waals surface area contributed by atoms with Gasteiger partial charge in [-0.05, 0) is 37.3 Å². The van der Waals surface area contributed by atoms with Gasteiger partial charge in [-0.3, -0.25) is 0 Å². The number of halogens is 1. The molecule has 0 aliphatic heterocycles. The number of hydrogen-bond donors (Lipinski definition) is 0. The zero-order valence-corrected chi connectivity index (χ0v) is 15.0. The number of hydrogen-bond acceptors (Lipinski definition) is 6. The van der Waals surface area contributed by atoms with E-state index in [1.165, 1.54) is 23.5 Å². The number of rotatable bonds is 4. The first-order valence-corrected chi connectivity index (χ1v) is 9.09. The quantitative estimate of drug-likeness (QED) is 0.455. The molecule has 8 heteroatoms. The van der Waals surface area contributed by atoms with Gasteiger partial charge in [0.15, 0.2) is 10.8 Å². The smallest absolute Gasteiger partial charge is 0.235 e. The molecule has 2 aromatic carbocycles. The van der Waals surface area contributed by atoms with Crippen molar-refractivity contribution in [3.8, 4) is 17.3 Å². The summed E-state index contributed by atoms with van der Waals surface area (Å²) in [5.41, 5.74) is 1.80. The summed E-state index contributed by atoms with van der Waals surface area (Å²) in [5.74, 6) is 1.49. The highest BCUT2D eigenvalue weighted by Gasteiger charge is 2.20. The van der Waals surface area contributed by atoms with Crippen LogP contribution in [0.4, 0.5) is 4.39 Å². The van der Waals surface area contributed by atoms with Crippen LogP contribution in [0.1, 0.15) is 10.6 Å². The van der Waals surface area contributed by atoms with Gasteiger partial charge in [0.2, 0.25) is 10.8 Å². The average molecular weight is 380 g/mol. The van der Waals surface area contributed by atoms with Crippen molar-refractivity contribution in [3.63, 3.8) is 0 Å². The summed E-state index contributed by atoms with van der Waals surface area (Å²) >= 11 is 1.39. The highest BCUT2D eigenvalue weighted by atomic mass is 32.1. The van der Waals surface area contributed by atoms with Gasteiger partial charge in [0.05, 0.1) is 0 Å². The number of aromatic nitrogens is 4. The molecule has 0 spiro atoms. The van der Waals surface area contributed by atoms with Crippen molar-refractivity contribution in [1.29, 1.82) is 0 Å². The van der Waals surface area contributed by atoms with Crippen LogP contribution in [0.2, 0.25) is 0 Å². The molecule has 0 atom stereocenters. The molecule has 0 N–H and O–H groups in total. The van der Waals surface area contributed by atoms with Crippen molar-refractivity contribution in [2.24, 2.45) is 0 Å². The molecule has 0 saturated heterocycles. The molecule has 0 fully saturated rings. The van der Waals surface area contributed by atoms with E-state index in [2.05, 4.69) is 15.3 Å². The Labute approximate surface area is 156 Å². The van der Waals surface area contributed by atoms with E-state index in [1.54, 1.807) is 16.6 Å². The third-order valence-electron chi connectivity index (χ3n) is 4.26. The second-order valence-electron chi connectivity index (χ2n) is 6.01. The number of aryl methyl sites for hydroxylation is 1. The number of fused-ring (bicyclic) bond motifs is 2. The van der Waals surface area contributed by atoms with Crippen LogP contribution in [0, 0.1) is 12.7 Å². The molecular weight excluding hydrogens is 367 g/mol. The van der Waals surface area contributed by atoms with Crippen molar-refractivity contribution in [2.75, 3.05) is 0 Å². The first kappa shape index (κ1) is 16.0. The molecule has 5 aromatic rings. The molecule has 0 radical (unpaired) electrons. The molecule has 0 bridgehead atoms. The van der Waals surface area contributed by atoms with E-state index in [-0.39, 0.29) is 12.4 Å². The molecule has 134 valence electrons. The van der Waals surface area contributed by atoms with E-state index in [0.29, 0.717) is 22.3 Å². The Kier molecular flexibility index (Phi) is 3.64. The third-order valence-corrected chi connectivity index (χ3v) is 5.13. The van der Waals surface area contributed by atoms with E-state index in [4.69, 9.17) is 9.15 Å². The molecular formula is C19H13FN4O2S. The lowest BCUT2D eigenvalue weighted by Gasteiger charge is -2.02. The highest BCUT2D eigenvalue weighted by Crippen LogP contribution is 2.32. The van der Waals surface area contributed by atoms with E-state index >= 15 is 0 Å². The average Bonchev–Trinajstić information content (AvgIpc) is 3.34. The summed E-state index contributed by atoms with van der Waals surface area (Å²) in [7, 11) is 0. The van der Waals surface area contributed by atoms with Crippen molar-refractivity contribution in [3.05, 3.63) is 64.9 Å². The zero-order valence-electron chi connectivity index (χ0n) is 14.2. The van der Waals surface area contributed by atoms with Crippen LogP contribution in [-0.4, -0.2) is 19.8 Å². The molecule has 0 aliphatic carbocycles. The van der Waals surface area contributed by atoms with Crippen LogP contribution < -0.4 is 4.74 Å². The molecule has 6 nitrogen and oxygen atoms in total. The number of benzene rings is 2. The normalized spacial score (nSPS) is 11.5. The molecule has 0 unspecified atom stereocenters. The van der Waals surface area contributed by atoms with Crippen molar-refractivity contribution in [1.82, 2.24) is 19.8 Å². The molecule has 0 amide bonds. The van der Waals surface area contributed by atoms with Crippen molar-refractivity contribution < 1.29 is 13.5 Å². The van der Waals surface area contributed by atoms with E-state index in [9.17, 15) is 4.39 Å².